The fourth-order valence-electron chi connectivity index (χ4n) is 4.68. The number of hydrogen-bond acceptors (Lipinski definition) is 5. The van der Waals surface area contributed by atoms with Gasteiger partial charge in [-0.05, 0) is 55.8 Å². The monoisotopic (exact) mass is 545 g/mol. The normalized spacial score (nSPS) is 17.8. The highest BCUT2D eigenvalue weighted by Gasteiger charge is 2.31. The number of amides is 1. The Hall–Kier alpha value is -3.91. The lowest BCUT2D eigenvalue weighted by Crippen LogP contribution is -2.46. The van der Waals surface area contributed by atoms with E-state index in [0.29, 0.717) is 46.6 Å². The molecule has 4 rings (SSSR count). The van der Waals surface area contributed by atoms with E-state index in [2.05, 4.69) is 27.8 Å². The summed E-state index contributed by atoms with van der Waals surface area (Å²) < 4.78 is 61.5. The number of aromatic nitrogens is 1. The molecule has 0 aliphatic carbocycles. The maximum atomic E-state index is 14.7. The zero-order valence-corrected chi connectivity index (χ0v) is 22.0. The highest BCUT2D eigenvalue weighted by atomic mass is 19.4. The molecule has 208 valence electrons. The van der Waals surface area contributed by atoms with Crippen molar-refractivity contribution in [2.45, 2.75) is 31.4 Å². The standard InChI is InChI=1S/C28H31F4N5O2/c1-33-27(38)21-15-19(39-3)9-10-23(21)34-12-5-6-18-14-20-24(35-25-11-13-36(2)16-22(25)29)7-4-8-26(20)37(18)17-28(30,31)32/h4,7-10,14-15,22,25,34-35H,11-13,16-17H2,1-3H3,(H,33,38)/t22-,25+/m0/s1. The van der Waals surface area contributed by atoms with Gasteiger partial charge in [0.05, 0.1) is 36.5 Å². The van der Waals surface area contributed by atoms with Crippen LogP contribution < -0.4 is 20.7 Å². The van der Waals surface area contributed by atoms with E-state index in [-0.39, 0.29) is 18.1 Å². The third-order valence-corrected chi connectivity index (χ3v) is 6.65. The molecule has 1 amide bonds. The summed E-state index contributed by atoms with van der Waals surface area (Å²) in [6.07, 6.45) is -4.98. The Morgan fingerprint density at radius 3 is 2.67 bits per heavy atom. The maximum Gasteiger partial charge on any atom is 0.406 e. The Labute approximate surface area is 224 Å². The van der Waals surface area contributed by atoms with Crippen molar-refractivity contribution in [3.63, 3.8) is 0 Å². The molecule has 7 nitrogen and oxygen atoms in total. The molecule has 2 aromatic carbocycles. The zero-order valence-electron chi connectivity index (χ0n) is 22.0. The maximum absolute atomic E-state index is 14.7. The SMILES string of the molecule is CNC(=O)c1cc(OC)ccc1NCC#Cc1cc2c(N[C@@H]3CCN(C)C[C@@H]3F)cccc2n1CC(F)(F)F. The number of hydrogen-bond donors (Lipinski definition) is 3. The van der Waals surface area contributed by atoms with Crippen LogP contribution in [-0.4, -0.2) is 74.6 Å². The van der Waals surface area contributed by atoms with Gasteiger partial charge in [-0.3, -0.25) is 4.79 Å². The van der Waals surface area contributed by atoms with Crippen molar-refractivity contribution in [1.82, 2.24) is 14.8 Å². The van der Waals surface area contributed by atoms with Crippen LogP contribution in [-0.2, 0) is 6.54 Å². The molecule has 1 saturated heterocycles. The van der Waals surface area contributed by atoms with Crippen LogP contribution in [0.25, 0.3) is 10.9 Å². The average molecular weight is 546 g/mol. The fraction of sp³-hybridized carbons (Fsp3) is 0.393. The van der Waals surface area contributed by atoms with Crippen molar-refractivity contribution in [3.8, 4) is 17.6 Å². The van der Waals surface area contributed by atoms with Crippen molar-refractivity contribution < 1.29 is 27.1 Å². The Kier molecular flexibility index (Phi) is 8.55. The summed E-state index contributed by atoms with van der Waals surface area (Å²) in [7, 11) is 4.86. The van der Waals surface area contributed by atoms with E-state index in [4.69, 9.17) is 4.74 Å². The molecular formula is C28H31F4N5O2. The van der Waals surface area contributed by atoms with Gasteiger partial charge in [0.25, 0.3) is 5.91 Å². The first-order valence-electron chi connectivity index (χ1n) is 12.5. The summed E-state index contributed by atoms with van der Waals surface area (Å²) in [5.41, 5.74) is 1.96. The van der Waals surface area contributed by atoms with E-state index in [9.17, 15) is 22.4 Å². The molecule has 1 fully saturated rings. The van der Waals surface area contributed by atoms with Gasteiger partial charge in [0.2, 0.25) is 0 Å². The van der Waals surface area contributed by atoms with Crippen LogP contribution in [0.3, 0.4) is 0 Å². The molecule has 11 heteroatoms. The second-order valence-electron chi connectivity index (χ2n) is 9.43. The van der Waals surface area contributed by atoms with Crippen LogP contribution in [0.2, 0.25) is 0 Å². The number of ether oxygens (including phenoxy) is 1. The average Bonchev–Trinajstić information content (AvgIpc) is 3.24. The van der Waals surface area contributed by atoms with Crippen LogP contribution in [0, 0.1) is 11.8 Å². The molecule has 1 aliphatic rings. The smallest absolute Gasteiger partial charge is 0.406 e. The summed E-state index contributed by atoms with van der Waals surface area (Å²) in [5, 5.41) is 9.36. The summed E-state index contributed by atoms with van der Waals surface area (Å²) in [6, 6.07) is 11.1. The number of alkyl halides is 4. The molecule has 0 saturated carbocycles. The number of nitrogens with one attached hydrogen (secondary N) is 3. The molecule has 0 radical (unpaired) electrons. The van der Waals surface area contributed by atoms with Crippen molar-refractivity contribution in [2.24, 2.45) is 0 Å². The number of nitrogens with zero attached hydrogens (tertiary/aromatic N) is 2. The van der Waals surface area contributed by atoms with E-state index in [0.717, 1.165) is 11.1 Å². The first kappa shape index (κ1) is 28.1. The Morgan fingerprint density at radius 1 is 1.18 bits per heavy atom. The molecule has 39 heavy (non-hydrogen) atoms. The predicted molar refractivity (Wildman–Crippen MR) is 144 cm³/mol. The third kappa shape index (κ3) is 6.75. The quantitative estimate of drug-likeness (QED) is 0.302. The van der Waals surface area contributed by atoms with Gasteiger partial charge < -0.3 is 30.2 Å². The van der Waals surface area contributed by atoms with Crippen LogP contribution in [0.5, 0.6) is 5.75 Å². The highest BCUT2D eigenvalue weighted by molar-refractivity contribution is 6.00. The molecule has 1 aromatic heterocycles. The molecule has 3 N–H and O–H groups in total. The minimum atomic E-state index is -4.46. The minimum Gasteiger partial charge on any atom is -0.497 e. The Morgan fingerprint density at radius 2 is 1.97 bits per heavy atom. The Bertz CT molecular complexity index is 1390. The molecule has 1 aliphatic heterocycles. The topological polar surface area (TPSA) is 70.6 Å². The highest BCUT2D eigenvalue weighted by Crippen LogP contribution is 2.31. The van der Waals surface area contributed by atoms with E-state index in [1.165, 1.54) is 14.2 Å². The molecule has 0 bridgehead atoms. The molecule has 2 heterocycles. The van der Waals surface area contributed by atoms with E-state index >= 15 is 0 Å². The minimum absolute atomic E-state index is 0.0775. The van der Waals surface area contributed by atoms with E-state index in [1.54, 1.807) is 42.5 Å². The predicted octanol–water partition coefficient (Wildman–Crippen LogP) is 4.49. The Balaban J connectivity index is 1.61. The van der Waals surface area contributed by atoms with Gasteiger partial charge >= 0.3 is 6.18 Å². The number of likely N-dealkylation sites (tertiary alicyclic amines) is 1. The van der Waals surface area contributed by atoms with E-state index in [1.807, 2.05) is 11.9 Å². The van der Waals surface area contributed by atoms with Crippen molar-refractivity contribution >= 4 is 28.2 Å². The third-order valence-electron chi connectivity index (χ3n) is 6.65. The second kappa shape index (κ2) is 11.9. The van der Waals surface area contributed by atoms with Gasteiger partial charge in [0.1, 0.15) is 18.5 Å². The number of halogens is 4. The number of benzene rings is 2. The lowest BCUT2D eigenvalue weighted by Gasteiger charge is -2.33. The number of carbonyl (C=O) groups excluding carboxylic acids is 1. The molecular weight excluding hydrogens is 514 g/mol. The van der Waals surface area contributed by atoms with Gasteiger partial charge in [0.15, 0.2) is 0 Å². The number of rotatable bonds is 7. The summed E-state index contributed by atoms with van der Waals surface area (Å²) in [5.74, 6) is 5.89. The van der Waals surface area contributed by atoms with Crippen LogP contribution in [0.1, 0.15) is 22.5 Å². The number of anilines is 2. The largest absolute Gasteiger partial charge is 0.497 e. The summed E-state index contributed by atoms with van der Waals surface area (Å²) in [6.45, 7) is -0.115. The molecule has 0 unspecified atom stereocenters. The molecule has 3 aromatic rings. The van der Waals surface area contributed by atoms with Crippen molar-refractivity contribution in [1.29, 1.82) is 0 Å². The number of fused-ring (bicyclic) bond motifs is 1. The first-order valence-corrected chi connectivity index (χ1v) is 12.5. The lowest BCUT2D eigenvalue weighted by atomic mass is 10.0. The van der Waals surface area contributed by atoms with Gasteiger partial charge in [-0.25, -0.2) is 4.39 Å². The summed E-state index contributed by atoms with van der Waals surface area (Å²) in [4.78, 5) is 14.2. The van der Waals surface area contributed by atoms with Gasteiger partial charge in [-0.1, -0.05) is 12.0 Å². The van der Waals surface area contributed by atoms with Crippen LogP contribution in [0.4, 0.5) is 28.9 Å². The number of carbonyl (C=O) groups is 1. The molecule has 2 atom stereocenters. The van der Waals surface area contributed by atoms with Gasteiger partial charge in [-0.15, -0.1) is 0 Å². The fourth-order valence-corrected chi connectivity index (χ4v) is 4.68. The van der Waals surface area contributed by atoms with Crippen molar-refractivity contribution in [2.75, 3.05) is 51.5 Å². The van der Waals surface area contributed by atoms with Crippen molar-refractivity contribution in [3.05, 3.63) is 53.7 Å². The van der Waals surface area contributed by atoms with Crippen LogP contribution in [0.15, 0.2) is 42.5 Å². The number of piperidine rings is 1. The zero-order chi connectivity index (χ0) is 28.2. The first-order chi connectivity index (χ1) is 18.6. The van der Waals surface area contributed by atoms with Crippen LogP contribution >= 0.6 is 0 Å². The van der Waals surface area contributed by atoms with E-state index < -0.39 is 24.9 Å². The lowest BCUT2D eigenvalue weighted by molar-refractivity contribution is -0.140. The number of methoxy groups -OCH3 is 1. The molecule has 0 spiro atoms. The summed E-state index contributed by atoms with van der Waals surface area (Å²) >= 11 is 0. The second-order valence-corrected chi connectivity index (χ2v) is 9.43. The van der Waals surface area contributed by atoms with Gasteiger partial charge in [-0.2, -0.15) is 13.2 Å². The van der Waals surface area contributed by atoms with Gasteiger partial charge in [0, 0.05) is 36.9 Å².